The van der Waals surface area contributed by atoms with E-state index in [-0.39, 0.29) is 12.0 Å². The largest absolute Gasteiger partial charge is 0.490 e. The first-order chi connectivity index (χ1) is 14.6. The molecule has 4 rings (SSSR count). The SMILES string of the molecule is Cn1cccc1C(=O)N1CCO[C@@H]2CN(Cc3ccsc3)C[C@@H]2C1.O=C(O)C(F)(F)F. The van der Waals surface area contributed by atoms with E-state index in [9.17, 15) is 18.0 Å². The molecule has 0 unspecified atom stereocenters. The molecule has 1 amide bonds. The molecule has 2 fully saturated rings. The predicted molar refractivity (Wildman–Crippen MR) is 108 cm³/mol. The monoisotopic (exact) mass is 459 g/mol. The minimum absolute atomic E-state index is 0.114. The quantitative estimate of drug-likeness (QED) is 0.764. The number of aromatic nitrogens is 1. The van der Waals surface area contributed by atoms with E-state index in [0.717, 1.165) is 31.9 Å². The number of nitrogens with zero attached hydrogens (tertiary/aromatic N) is 3. The van der Waals surface area contributed by atoms with Gasteiger partial charge >= 0.3 is 12.1 Å². The maximum atomic E-state index is 12.8. The molecule has 31 heavy (non-hydrogen) atoms. The number of carbonyl (C=O) groups excluding carboxylic acids is 1. The smallest absolute Gasteiger partial charge is 0.475 e. The zero-order chi connectivity index (χ0) is 22.6. The van der Waals surface area contributed by atoms with Crippen molar-refractivity contribution in [1.82, 2.24) is 14.4 Å². The first kappa shape index (κ1) is 23.3. The third-order valence-electron chi connectivity index (χ3n) is 5.28. The van der Waals surface area contributed by atoms with Crippen molar-refractivity contribution in [3.05, 3.63) is 46.4 Å². The van der Waals surface area contributed by atoms with Crippen LogP contribution < -0.4 is 0 Å². The molecule has 11 heteroatoms. The zero-order valence-electron chi connectivity index (χ0n) is 16.9. The Bertz CT molecular complexity index is 885. The maximum Gasteiger partial charge on any atom is 0.490 e. The van der Waals surface area contributed by atoms with E-state index in [1.807, 2.05) is 34.8 Å². The number of carboxylic acid groups (broad SMARTS) is 1. The second-order valence-corrected chi connectivity index (χ2v) is 8.33. The number of hydrogen-bond acceptors (Lipinski definition) is 5. The molecule has 0 radical (unpaired) electrons. The molecule has 0 aromatic carbocycles. The van der Waals surface area contributed by atoms with Gasteiger partial charge in [0.15, 0.2) is 0 Å². The van der Waals surface area contributed by atoms with Gasteiger partial charge in [-0.3, -0.25) is 9.69 Å². The van der Waals surface area contributed by atoms with Gasteiger partial charge in [0.1, 0.15) is 5.69 Å². The molecule has 7 nitrogen and oxygen atoms in total. The molecule has 2 aliphatic rings. The lowest BCUT2D eigenvalue weighted by Gasteiger charge is -2.24. The molecule has 0 spiro atoms. The number of rotatable bonds is 3. The number of carboxylic acids is 1. The molecule has 0 aliphatic carbocycles. The lowest BCUT2D eigenvalue weighted by molar-refractivity contribution is -0.192. The average molecular weight is 459 g/mol. The van der Waals surface area contributed by atoms with Crippen LogP contribution in [0.4, 0.5) is 13.2 Å². The van der Waals surface area contributed by atoms with Crippen LogP contribution in [-0.4, -0.2) is 76.4 Å². The van der Waals surface area contributed by atoms with Gasteiger partial charge < -0.3 is 19.3 Å². The van der Waals surface area contributed by atoms with Crippen molar-refractivity contribution < 1.29 is 32.6 Å². The topological polar surface area (TPSA) is 75.0 Å². The Hall–Kier alpha value is -2.37. The van der Waals surface area contributed by atoms with Crippen molar-refractivity contribution in [2.45, 2.75) is 18.8 Å². The number of halogens is 3. The minimum Gasteiger partial charge on any atom is -0.475 e. The van der Waals surface area contributed by atoms with E-state index in [1.54, 1.807) is 11.3 Å². The number of likely N-dealkylation sites (tertiary alicyclic amines) is 1. The van der Waals surface area contributed by atoms with E-state index >= 15 is 0 Å². The van der Waals surface area contributed by atoms with Crippen LogP contribution in [0, 0.1) is 5.92 Å². The Kier molecular flexibility index (Phi) is 7.39. The van der Waals surface area contributed by atoms with Gasteiger partial charge in [-0.2, -0.15) is 24.5 Å². The van der Waals surface area contributed by atoms with Crippen molar-refractivity contribution in [3.63, 3.8) is 0 Å². The number of aryl methyl sites for hydroxylation is 1. The number of ether oxygens (including phenoxy) is 1. The summed E-state index contributed by atoms with van der Waals surface area (Å²) < 4.78 is 39.7. The molecule has 2 atom stereocenters. The van der Waals surface area contributed by atoms with Gasteiger partial charge in [-0.05, 0) is 34.5 Å². The van der Waals surface area contributed by atoms with Crippen LogP contribution in [0.3, 0.4) is 0 Å². The molecule has 0 bridgehead atoms. The molecular formula is C20H24F3N3O4S. The van der Waals surface area contributed by atoms with Crippen LogP contribution in [0.25, 0.3) is 0 Å². The summed E-state index contributed by atoms with van der Waals surface area (Å²) in [5, 5.41) is 11.5. The molecule has 0 saturated carbocycles. The molecule has 2 aliphatic heterocycles. The summed E-state index contributed by atoms with van der Waals surface area (Å²) >= 11 is 1.74. The predicted octanol–water partition coefficient (Wildman–Crippen LogP) is 2.69. The Labute approximate surface area is 181 Å². The normalized spacial score (nSPS) is 21.7. The van der Waals surface area contributed by atoms with Gasteiger partial charge in [0.05, 0.1) is 12.7 Å². The lowest BCUT2D eigenvalue weighted by Crippen LogP contribution is -2.38. The van der Waals surface area contributed by atoms with E-state index in [2.05, 4.69) is 21.7 Å². The van der Waals surface area contributed by atoms with E-state index in [1.165, 1.54) is 5.56 Å². The minimum atomic E-state index is -5.08. The third-order valence-corrected chi connectivity index (χ3v) is 6.02. The van der Waals surface area contributed by atoms with Crippen LogP contribution in [0.2, 0.25) is 0 Å². The molecule has 4 heterocycles. The first-order valence-corrected chi connectivity index (χ1v) is 10.6. The first-order valence-electron chi connectivity index (χ1n) is 9.71. The molecule has 1 N–H and O–H groups in total. The molecule has 2 saturated heterocycles. The van der Waals surface area contributed by atoms with Gasteiger partial charge in [-0.1, -0.05) is 0 Å². The summed E-state index contributed by atoms with van der Waals surface area (Å²) in [5.74, 6) is -2.24. The van der Waals surface area contributed by atoms with Crippen molar-refractivity contribution >= 4 is 23.2 Å². The van der Waals surface area contributed by atoms with Crippen LogP contribution in [0.1, 0.15) is 16.1 Å². The molecular weight excluding hydrogens is 435 g/mol. The summed E-state index contributed by atoms with van der Waals surface area (Å²) in [5.41, 5.74) is 2.12. The van der Waals surface area contributed by atoms with Crippen molar-refractivity contribution in [3.8, 4) is 0 Å². The number of amides is 1. The summed E-state index contributed by atoms with van der Waals surface area (Å²) in [6.07, 6.45) is -2.92. The second-order valence-electron chi connectivity index (χ2n) is 7.55. The number of fused-ring (bicyclic) bond motifs is 1. The van der Waals surface area contributed by atoms with Crippen LogP contribution in [0.5, 0.6) is 0 Å². The summed E-state index contributed by atoms with van der Waals surface area (Å²) in [6, 6.07) is 6.00. The lowest BCUT2D eigenvalue weighted by atomic mass is 10.1. The fraction of sp³-hybridized carbons (Fsp3) is 0.500. The van der Waals surface area contributed by atoms with Gasteiger partial charge in [0.2, 0.25) is 0 Å². The second kappa shape index (κ2) is 9.84. The van der Waals surface area contributed by atoms with Crippen molar-refractivity contribution in [2.24, 2.45) is 13.0 Å². The summed E-state index contributed by atoms with van der Waals surface area (Å²) in [7, 11) is 1.92. The van der Waals surface area contributed by atoms with Gasteiger partial charge in [0.25, 0.3) is 5.91 Å². The number of hydrogen-bond donors (Lipinski definition) is 1. The number of alkyl halides is 3. The zero-order valence-corrected chi connectivity index (χ0v) is 17.7. The Balaban J connectivity index is 0.000000339. The molecule has 2 aromatic heterocycles. The van der Waals surface area contributed by atoms with E-state index in [4.69, 9.17) is 14.6 Å². The molecule has 2 aromatic rings. The van der Waals surface area contributed by atoms with Crippen molar-refractivity contribution in [2.75, 3.05) is 32.8 Å². The highest BCUT2D eigenvalue weighted by Crippen LogP contribution is 2.26. The third kappa shape index (κ3) is 6.08. The van der Waals surface area contributed by atoms with E-state index < -0.39 is 12.1 Å². The van der Waals surface area contributed by atoms with Gasteiger partial charge in [-0.25, -0.2) is 4.79 Å². The standard InChI is InChI=1S/C18H23N3O2S.C2HF3O2/c1-19-5-2-3-16(19)18(22)21-6-7-23-17-12-20(10-15(17)11-21)9-14-4-8-24-13-14;3-2(4,5)1(6)7/h2-5,8,13,15,17H,6-7,9-12H2,1H3;(H,6,7)/t15-,17-;/m1./s1. The van der Waals surface area contributed by atoms with Crippen molar-refractivity contribution in [1.29, 1.82) is 0 Å². The van der Waals surface area contributed by atoms with Crippen LogP contribution in [-0.2, 0) is 23.1 Å². The highest BCUT2D eigenvalue weighted by Gasteiger charge is 2.39. The number of carbonyl (C=O) groups is 2. The summed E-state index contributed by atoms with van der Waals surface area (Å²) in [6.45, 7) is 5.04. The Morgan fingerprint density at radius 2 is 2.00 bits per heavy atom. The maximum absolute atomic E-state index is 12.8. The van der Waals surface area contributed by atoms with Gasteiger partial charge in [0, 0.05) is 51.9 Å². The summed E-state index contributed by atoms with van der Waals surface area (Å²) in [4.78, 5) is 26.1. The fourth-order valence-electron chi connectivity index (χ4n) is 3.78. The molecule has 170 valence electrons. The number of aliphatic carboxylic acids is 1. The van der Waals surface area contributed by atoms with Crippen LogP contribution in [0.15, 0.2) is 35.2 Å². The average Bonchev–Trinajstić information content (AvgIpc) is 3.41. The Morgan fingerprint density at radius 3 is 2.58 bits per heavy atom. The Morgan fingerprint density at radius 1 is 1.26 bits per heavy atom. The number of thiophene rings is 1. The highest BCUT2D eigenvalue weighted by molar-refractivity contribution is 7.07. The fourth-order valence-corrected chi connectivity index (χ4v) is 4.44. The van der Waals surface area contributed by atoms with E-state index in [0.29, 0.717) is 19.1 Å². The highest BCUT2D eigenvalue weighted by atomic mass is 32.1. The van der Waals surface area contributed by atoms with Gasteiger partial charge in [-0.15, -0.1) is 0 Å². The van der Waals surface area contributed by atoms with Crippen LogP contribution >= 0.6 is 11.3 Å².